The number of halogens is 4. The third-order valence-corrected chi connectivity index (χ3v) is 2.62. The highest BCUT2D eigenvalue weighted by Gasteiger charge is 2.22. The van der Waals surface area contributed by atoms with Crippen LogP contribution in [-0.2, 0) is 0 Å². The highest BCUT2D eigenvalue weighted by atomic mass is 19.2. The van der Waals surface area contributed by atoms with Crippen LogP contribution >= 0.6 is 0 Å². The predicted molar refractivity (Wildman–Crippen MR) is 54.5 cm³/mol. The van der Waals surface area contributed by atoms with Gasteiger partial charge in [-0.1, -0.05) is 12.2 Å². The Bertz CT molecular complexity index is 433. The molecular formula is C11H10F4N2. The Morgan fingerprint density at radius 3 is 2.24 bits per heavy atom. The summed E-state index contributed by atoms with van der Waals surface area (Å²) >= 11 is 0. The molecule has 0 saturated carbocycles. The van der Waals surface area contributed by atoms with Gasteiger partial charge in [0.2, 0.25) is 11.6 Å². The third-order valence-electron chi connectivity index (χ3n) is 2.62. The molecule has 0 aromatic carbocycles. The minimum atomic E-state index is -1.64. The quantitative estimate of drug-likeness (QED) is 0.492. The average Bonchev–Trinajstić information content (AvgIpc) is 2.33. The number of anilines is 1. The van der Waals surface area contributed by atoms with Crippen molar-refractivity contribution in [3.8, 4) is 0 Å². The van der Waals surface area contributed by atoms with E-state index in [1.165, 1.54) is 0 Å². The minimum Gasteiger partial charge on any atom is -0.377 e. The van der Waals surface area contributed by atoms with Gasteiger partial charge < -0.3 is 5.32 Å². The van der Waals surface area contributed by atoms with Crippen molar-refractivity contribution in [1.29, 1.82) is 0 Å². The Labute approximate surface area is 95.4 Å². The topological polar surface area (TPSA) is 24.9 Å². The molecule has 0 bridgehead atoms. The van der Waals surface area contributed by atoms with E-state index >= 15 is 0 Å². The number of hydrogen-bond donors (Lipinski definition) is 1. The minimum absolute atomic E-state index is 0.231. The summed E-state index contributed by atoms with van der Waals surface area (Å²) in [6, 6.07) is -0.231. The predicted octanol–water partition coefficient (Wildman–Crippen LogP) is 3.16. The van der Waals surface area contributed by atoms with Crippen molar-refractivity contribution in [3.63, 3.8) is 0 Å². The fraction of sp³-hybridized carbons (Fsp3) is 0.364. The molecule has 0 amide bonds. The van der Waals surface area contributed by atoms with Crippen molar-refractivity contribution in [2.45, 2.75) is 25.3 Å². The van der Waals surface area contributed by atoms with Gasteiger partial charge in [0.15, 0.2) is 0 Å². The van der Waals surface area contributed by atoms with Gasteiger partial charge in [-0.15, -0.1) is 0 Å². The average molecular weight is 246 g/mol. The van der Waals surface area contributed by atoms with Crippen LogP contribution in [0.1, 0.15) is 19.3 Å². The first kappa shape index (κ1) is 11.9. The number of rotatable bonds is 2. The molecule has 0 spiro atoms. The smallest absolute Gasteiger partial charge is 0.253 e. The molecule has 6 heteroatoms. The zero-order chi connectivity index (χ0) is 12.4. The van der Waals surface area contributed by atoms with Crippen LogP contribution in [0.2, 0.25) is 0 Å². The van der Waals surface area contributed by atoms with E-state index in [0.29, 0.717) is 12.8 Å². The number of allylic oxidation sites excluding steroid dienone is 1. The van der Waals surface area contributed by atoms with Gasteiger partial charge in [0.1, 0.15) is 5.69 Å². The van der Waals surface area contributed by atoms with Crippen LogP contribution in [0.5, 0.6) is 0 Å². The standard InChI is InChI=1S/C11H10F4N2/c12-7-9(8(13)11(15)17-10(7)14)16-6-4-2-1-3-5-6/h1-2,6H,3-5H2,(H,16,17). The van der Waals surface area contributed by atoms with Gasteiger partial charge in [0.05, 0.1) is 0 Å². The number of nitrogens with one attached hydrogen (secondary N) is 1. The molecule has 1 aliphatic rings. The lowest BCUT2D eigenvalue weighted by atomic mass is 10.0. The van der Waals surface area contributed by atoms with Crippen LogP contribution in [0.25, 0.3) is 0 Å². The van der Waals surface area contributed by atoms with Crippen LogP contribution < -0.4 is 5.32 Å². The number of hydrogen-bond acceptors (Lipinski definition) is 2. The van der Waals surface area contributed by atoms with E-state index < -0.39 is 29.2 Å². The van der Waals surface area contributed by atoms with Crippen molar-refractivity contribution in [2.24, 2.45) is 0 Å². The molecular weight excluding hydrogens is 236 g/mol. The normalized spacial score (nSPS) is 19.4. The number of aromatic nitrogens is 1. The Kier molecular flexibility index (Phi) is 3.31. The zero-order valence-corrected chi connectivity index (χ0v) is 8.81. The van der Waals surface area contributed by atoms with Gasteiger partial charge >= 0.3 is 0 Å². The number of pyridine rings is 1. The van der Waals surface area contributed by atoms with Gasteiger partial charge in [0, 0.05) is 6.04 Å². The fourth-order valence-corrected chi connectivity index (χ4v) is 1.74. The second-order valence-corrected chi connectivity index (χ2v) is 3.82. The second kappa shape index (κ2) is 4.73. The molecule has 1 atom stereocenters. The van der Waals surface area contributed by atoms with Crippen LogP contribution in [0.15, 0.2) is 12.2 Å². The first-order valence-corrected chi connectivity index (χ1v) is 5.21. The Hall–Kier alpha value is -1.59. The molecule has 1 unspecified atom stereocenters. The molecule has 1 aromatic rings. The first-order chi connectivity index (χ1) is 8.09. The second-order valence-electron chi connectivity index (χ2n) is 3.82. The van der Waals surface area contributed by atoms with Crippen LogP contribution in [0.3, 0.4) is 0 Å². The molecule has 1 heterocycles. The highest BCUT2D eigenvalue weighted by Crippen LogP contribution is 2.25. The summed E-state index contributed by atoms with van der Waals surface area (Å²) in [6.07, 6.45) is 5.77. The van der Waals surface area contributed by atoms with Crippen LogP contribution in [0, 0.1) is 23.5 Å². The molecule has 2 nitrogen and oxygen atoms in total. The van der Waals surface area contributed by atoms with Gasteiger partial charge in [-0.25, -0.2) is 0 Å². The SMILES string of the molecule is Fc1nc(F)c(F)c(NC2CC=CCC2)c1F. The zero-order valence-electron chi connectivity index (χ0n) is 8.81. The maximum Gasteiger partial charge on any atom is 0.253 e. The van der Waals surface area contributed by atoms with E-state index in [2.05, 4.69) is 10.3 Å². The van der Waals surface area contributed by atoms with Crippen molar-refractivity contribution in [1.82, 2.24) is 4.98 Å². The summed E-state index contributed by atoms with van der Waals surface area (Å²) in [5, 5.41) is 2.48. The summed E-state index contributed by atoms with van der Waals surface area (Å²) in [4.78, 5) is 2.49. The third kappa shape index (κ3) is 2.40. The molecule has 0 radical (unpaired) electrons. The fourth-order valence-electron chi connectivity index (χ4n) is 1.74. The Balaban J connectivity index is 2.28. The van der Waals surface area contributed by atoms with Crippen LogP contribution in [-0.4, -0.2) is 11.0 Å². The van der Waals surface area contributed by atoms with Crippen molar-refractivity contribution in [3.05, 3.63) is 35.7 Å². The van der Waals surface area contributed by atoms with Gasteiger partial charge in [-0.05, 0) is 19.3 Å². The van der Waals surface area contributed by atoms with Crippen molar-refractivity contribution >= 4 is 5.69 Å². The maximum atomic E-state index is 13.3. The van der Waals surface area contributed by atoms with Crippen LogP contribution in [0.4, 0.5) is 23.2 Å². The van der Waals surface area contributed by atoms with Crippen molar-refractivity contribution in [2.75, 3.05) is 5.32 Å². The summed E-state index contributed by atoms with van der Waals surface area (Å²) in [6.45, 7) is 0. The molecule has 0 fully saturated rings. The largest absolute Gasteiger partial charge is 0.377 e. The van der Waals surface area contributed by atoms with Gasteiger partial charge in [0.25, 0.3) is 11.9 Å². The van der Waals surface area contributed by atoms with E-state index in [9.17, 15) is 17.6 Å². The van der Waals surface area contributed by atoms with Gasteiger partial charge in [-0.2, -0.15) is 22.5 Å². The van der Waals surface area contributed by atoms with Gasteiger partial charge in [-0.3, -0.25) is 0 Å². The highest BCUT2D eigenvalue weighted by molar-refractivity contribution is 5.46. The van der Waals surface area contributed by atoms with E-state index in [1.54, 1.807) is 0 Å². The van der Waals surface area contributed by atoms with Crippen molar-refractivity contribution < 1.29 is 17.6 Å². The molecule has 1 aromatic heterocycles. The summed E-state index contributed by atoms with van der Waals surface area (Å²) in [5.41, 5.74) is -0.782. The lowest BCUT2D eigenvalue weighted by molar-refractivity contribution is 0.409. The Morgan fingerprint density at radius 2 is 1.71 bits per heavy atom. The van der Waals surface area contributed by atoms with E-state index in [0.717, 1.165) is 6.42 Å². The summed E-state index contributed by atoms with van der Waals surface area (Å²) < 4.78 is 52.2. The molecule has 17 heavy (non-hydrogen) atoms. The molecule has 0 saturated heterocycles. The molecule has 0 aliphatic heterocycles. The summed E-state index contributed by atoms with van der Waals surface area (Å²) in [7, 11) is 0. The molecule has 1 aliphatic carbocycles. The van der Waals surface area contributed by atoms with E-state index in [1.807, 2.05) is 12.2 Å². The lowest BCUT2D eigenvalue weighted by Crippen LogP contribution is -2.23. The molecule has 1 N–H and O–H groups in total. The summed E-state index contributed by atoms with van der Waals surface area (Å²) in [5.74, 6) is -6.26. The van der Waals surface area contributed by atoms with E-state index in [4.69, 9.17) is 0 Å². The molecule has 2 rings (SSSR count). The Morgan fingerprint density at radius 1 is 1.06 bits per heavy atom. The monoisotopic (exact) mass is 246 g/mol. The lowest BCUT2D eigenvalue weighted by Gasteiger charge is -2.21. The number of nitrogens with zero attached hydrogens (tertiary/aromatic N) is 1. The molecule has 92 valence electrons. The maximum absolute atomic E-state index is 13.3. The van der Waals surface area contributed by atoms with E-state index in [-0.39, 0.29) is 6.04 Å². The first-order valence-electron chi connectivity index (χ1n) is 5.21.